The van der Waals surface area contributed by atoms with Crippen molar-refractivity contribution in [1.29, 1.82) is 0 Å². The standard InChI is InChI=1S/C25H26F4N4OS/c1-4-33-14-19(24(30-33)25(27,28)29)23-17(7-5-8-20(23)26)18-13-32(15-21-16(18)10-12-35-21)22(34)9-6-11-31(2)3/h5-10,12,14,18H,4,11,13,15H2,1-3H3/b9-6+/t18-/m1/s1. The molecule has 0 spiro atoms. The normalized spacial score (nSPS) is 16.3. The summed E-state index contributed by atoms with van der Waals surface area (Å²) in [5.41, 5.74) is -0.232. The Kier molecular flexibility index (Phi) is 7.14. The highest BCUT2D eigenvalue weighted by Gasteiger charge is 2.40. The number of nitrogens with zero attached hydrogens (tertiary/aromatic N) is 4. The fourth-order valence-corrected chi connectivity index (χ4v) is 5.30. The van der Waals surface area contributed by atoms with Crippen LogP contribution in [0.1, 0.15) is 34.5 Å². The van der Waals surface area contributed by atoms with Crippen molar-refractivity contribution in [2.45, 2.75) is 32.1 Å². The van der Waals surface area contributed by atoms with Crippen LogP contribution >= 0.6 is 11.3 Å². The summed E-state index contributed by atoms with van der Waals surface area (Å²) in [4.78, 5) is 17.4. The number of likely N-dealkylation sites (N-methyl/N-ethyl adjacent to an activating group) is 1. The number of hydrogen-bond acceptors (Lipinski definition) is 4. The van der Waals surface area contributed by atoms with Gasteiger partial charge in [0.25, 0.3) is 0 Å². The van der Waals surface area contributed by atoms with Gasteiger partial charge in [0.2, 0.25) is 5.91 Å². The molecule has 0 bridgehead atoms. The van der Waals surface area contributed by atoms with Crippen LogP contribution in [-0.2, 0) is 24.1 Å². The van der Waals surface area contributed by atoms with Crippen molar-refractivity contribution in [1.82, 2.24) is 19.6 Å². The van der Waals surface area contributed by atoms with E-state index >= 15 is 4.39 Å². The average Bonchev–Trinajstić information content (AvgIpc) is 3.44. The van der Waals surface area contributed by atoms with Crippen LogP contribution in [0, 0.1) is 5.82 Å². The van der Waals surface area contributed by atoms with Crippen molar-refractivity contribution in [3.8, 4) is 11.1 Å². The van der Waals surface area contributed by atoms with Gasteiger partial charge in [-0.3, -0.25) is 9.48 Å². The zero-order valence-electron chi connectivity index (χ0n) is 19.6. The molecule has 186 valence electrons. The van der Waals surface area contributed by atoms with Crippen molar-refractivity contribution < 1.29 is 22.4 Å². The Labute approximate surface area is 205 Å². The summed E-state index contributed by atoms with van der Waals surface area (Å²) in [7, 11) is 3.79. The number of benzene rings is 1. The van der Waals surface area contributed by atoms with Gasteiger partial charge < -0.3 is 9.80 Å². The largest absolute Gasteiger partial charge is 0.435 e. The van der Waals surface area contributed by atoms with Gasteiger partial charge in [0.1, 0.15) is 5.82 Å². The van der Waals surface area contributed by atoms with Gasteiger partial charge in [-0.1, -0.05) is 18.2 Å². The van der Waals surface area contributed by atoms with E-state index in [0.29, 0.717) is 18.7 Å². The molecule has 0 saturated heterocycles. The molecule has 0 radical (unpaired) electrons. The number of fused-ring (bicyclic) bond motifs is 1. The molecule has 1 amide bonds. The first-order valence-corrected chi connectivity index (χ1v) is 12.1. The van der Waals surface area contributed by atoms with E-state index in [9.17, 15) is 18.0 Å². The van der Waals surface area contributed by atoms with Crippen LogP contribution in [-0.4, -0.2) is 52.7 Å². The fraction of sp³-hybridized carbons (Fsp3) is 0.360. The smallest absolute Gasteiger partial charge is 0.333 e. The van der Waals surface area contributed by atoms with Crippen LogP contribution in [0.2, 0.25) is 0 Å². The van der Waals surface area contributed by atoms with Crippen molar-refractivity contribution in [3.05, 3.63) is 75.5 Å². The zero-order valence-corrected chi connectivity index (χ0v) is 20.5. The molecule has 0 fully saturated rings. The molecule has 1 atom stereocenters. The summed E-state index contributed by atoms with van der Waals surface area (Å²) in [5, 5.41) is 5.57. The molecule has 0 aliphatic carbocycles. The third-order valence-electron chi connectivity index (χ3n) is 5.98. The van der Waals surface area contributed by atoms with Crippen molar-refractivity contribution in [3.63, 3.8) is 0 Å². The maximum atomic E-state index is 15.3. The topological polar surface area (TPSA) is 41.4 Å². The molecule has 1 aliphatic heterocycles. The molecular weight excluding hydrogens is 480 g/mol. The molecule has 35 heavy (non-hydrogen) atoms. The van der Waals surface area contributed by atoms with Crippen LogP contribution in [0.3, 0.4) is 0 Å². The second kappa shape index (κ2) is 9.94. The van der Waals surface area contributed by atoms with Crippen LogP contribution in [0.15, 0.2) is 48.0 Å². The van der Waals surface area contributed by atoms with E-state index < -0.39 is 23.6 Å². The third kappa shape index (κ3) is 5.18. The number of rotatable bonds is 6. The fourth-order valence-electron chi connectivity index (χ4n) is 4.34. The molecule has 0 saturated carbocycles. The molecule has 5 nitrogen and oxygen atoms in total. The van der Waals surface area contributed by atoms with Gasteiger partial charge in [0.15, 0.2) is 5.69 Å². The Bertz CT molecular complexity index is 1240. The van der Waals surface area contributed by atoms with Crippen LogP contribution in [0.25, 0.3) is 11.1 Å². The quantitative estimate of drug-likeness (QED) is 0.333. The SMILES string of the molecule is CCn1cc(-c2c(F)cccc2[C@@H]2CN(C(=O)/C=C/CN(C)C)Cc3sccc32)c(C(F)(F)F)n1. The Morgan fingerprint density at radius 3 is 2.71 bits per heavy atom. The monoisotopic (exact) mass is 506 g/mol. The lowest BCUT2D eigenvalue weighted by molar-refractivity contribution is -0.141. The van der Waals surface area contributed by atoms with Gasteiger partial charge in [-0.15, -0.1) is 11.3 Å². The molecule has 0 unspecified atom stereocenters. The van der Waals surface area contributed by atoms with E-state index in [1.165, 1.54) is 29.7 Å². The van der Waals surface area contributed by atoms with Gasteiger partial charge in [-0.05, 0) is 49.7 Å². The highest BCUT2D eigenvalue weighted by atomic mass is 32.1. The molecule has 3 aromatic rings. The molecule has 2 aromatic heterocycles. The number of aromatic nitrogens is 2. The van der Waals surface area contributed by atoms with E-state index in [4.69, 9.17) is 0 Å². The molecule has 1 aromatic carbocycles. The molecule has 4 rings (SSSR count). The number of hydrogen-bond donors (Lipinski definition) is 0. The summed E-state index contributed by atoms with van der Waals surface area (Å²) >= 11 is 1.48. The van der Waals surface area contributed by atoms with Gasteiger partial charge in [-0.2, -0.15) is 18.3 Å². The summed E-state index contributed by atoms with van der Waals surface area (Å²) < 4.78 is 58.0. The minimum Gasteiger partial charge on any atom is -0.333 e. The van der Waals surface area contributed by atoms with Gasteiger partial charge in [0, 0.05) is 53.8 Å². The van der Waals surface area contributed by atoms with Gasteiger partial charge >= 0.3 is 6.18 Å². The first kappa shape index (κ1) is 25.1. The first-order valence-electron chi connectivity index (χ1n) is 11.2. The third-order valence-corrected chi connectivity index (χ3v) is 6.90. The Morgan fingerprint density at radius 1 is 1.26 bits per heavy atom. The van der Waals surface area contributed by atoms with E-state index in [-0.39, 0.29) is 30.1 Å². The highest BCUT2D eigenvalue weighted by Crippen LogP contribution is 2.44. The molecule has 1 aliphatic rings. The van der Waals surface area contributed by atoms with Crippen LogP contribution in [0.5, 0.6) is 0 Å². The van der Waals surface area contributed by atoms with Gasteiger partial charge in [-0.25, -0.2) is 4.39 Å². The number of aryl methyl sites for hydroxylation is 1. The lowest BCUT2D eigenvalue weighted by Gasteiger charge is -2.33. The average molecular weight is 507 g/mol. The van der Waals surface area contributed by atoms with Crippen molar-refractivity contribution >= 4 is 17.2 Å². The first-order chi connectivity index (χ1) is 16.6. The second-order valence-corrected chi connectivity index (χ2v) is 9.68. The Balaban J connectivity index is 1.80. The molecule has 0 N–H and O–H groups in total. The second-order valence-electron chi connectivity index (χ2n) is 8.68. The maximum Gasteiger partial charge on any atom is 0.435 e. The number of carbonyl (C=O) groups excluding carboxylic acids is 1. The summed E-state index contributed by atoms with van der Waals surface area (Å²) in [6.45, 7) is 3.12. The molecule has 10 heteroatoms. The Morgan fingerprint density at radius 2 is 2.03 bits per heavy atom. The number of alkyl halides is 3. The lowest BCUT2D eigenvalue weighted by atomic mass is 9.83. The van der Waals surface area contributed by atoms with Crippen molar-refractivity contribution in [2.75, 3.05) is 27.2 Å². The minimum absolute atomic E-state index is 0.126. The summed E-state index contributed by atoms with van der Waals surface area (Å²) in [6, 6.07) is 6.20. The number of halogens is 4. The van der Waals surface area contributed by atoms with E-state index in [1.807, 2.05) is 30.4 Å². The number of amides is 1. The van der Waals surface area contributed by atoms with E-state index in [0.717, 1.165) is 21.2 Å². The lowest BCUT2D eigenvalue weighted by Crippen LogP contribution is -2.37. The predicted molar refractivity (Wildman–Crippen MR) is 128 cm³/mol. The van der Waals surface area contributed by atoms with Crippen LogP contribution in [0.4, 0.5) is 17.6 Å². The predicted octanol–water partition coefficient (Wildman–Crippen LogP) is 5.38. The number of thiophene rings is 1. The highest BCUT2D eigenvalue weighted by molar-refractivity contribution is 7.10. The zero-order chi connectivity index (χ0) is 25.3. The summed E-state index contributed by atoms with van der Waals surface area (Å²) in [5.74, 6) is -1.42. The van der Waals surface area contributed by atoms with Gasteiger partial charge in [0.05, 0.1) is 6.54 Å². The van der Waals surface area contributed by atoms with E-state index in [2.05, 4.69) is 5.10 Å². The maximum absolute atomic E-state index is 15.3. The molecular formula is C25H26F4N4OS. The summed E-state index contributed by atoms with van der Waals surface area (Å²) in [6.07, 6.45) is -0.220. The number of carbonyl (C=O) groups is 1. The van der Waals surface area contributed by atoms with Crippen molar-refractivity contribution in [2.24, 2.45) is 0 Å². The van der Waals surface area contributed by atoms with Crippen LogP contribution < -0.4 is 0 Å². The molecule has 3 heterocycles. The Hall–Kier alpha value is -2.98. The minimum atomic E-state index is -4.74. The van der Waals surface area contributed by atoms with E-state index in [1.54, 1.807) is 24.0 Å².